The first-order chi connectivity index (χ1) is 13.0. The Hall–Kier alpha value is -2.30. The van der Waals surface area contributed by atoms with Gasteiger partial charge >= 0.3 is 6.09 Å². The van der Waals surface area contributed by atoms with Gasteiger partial charge < -0.3 is 15.0 Å². The molecule has 1 aliphatic rings. The van der Waals surface area contributed by atoms with Crippen molar-refractivity contribution in [3.05, 3.63) is 36.4 Å². The van der Waals surface area contributed by atoms with Gasteiger partial charge in [0.1, 0.15) is 11.4 Å². The van der Waals surface area contributed by atoms with E-state index in [1.54, 1.807) is 0 Å². The highest BCUT2D eigenvalue weighted by atomic mass is 16.6. The van der Waals surface area contributed by atoms with Crippen molar-refractivity contribution >= 4 is 22.8 Å². The number of amides is 1. The average Bonchev–Trinajstić information content (AvgIpc) is 3.03. The molecule has 28 heavy (non-hydrogen) atoms. The van der Waals surface area contributed by atoms with Crippen LogP contribution in [0.2, 0.25) is 0 Å². The van der Waals surface area contributed by atoms with E-state index in [0.717, 1.165) is 36.2 Å². The molecule has 1 aliphatic heterocycles. The fourth-order valence-corrected chi connectivity index (χ4v) is 4.17. The first kappa shape index (κ1) is 20.4. The van der Waals surface area contributed by atoms with Crippen LogP contribution in [0.5, 0.6) is 0 Å². The molecule has 0 spiro atoms. The van der Waals surface area contributed by atoms with Gasteiger partial charge in [-0.15, -0.1) is 0 Å². The standard InChI is InChI=1S/C23H33N3O2/c1-22(2,3)20-17(13-14-26(20)21(27)28-23(4,5)6)15-24-19-12-11-16-9-7-8-10-18(16)25-19/h7-12,17,20H,13-15H2,1-6H3,(H,24,25). The molecule has 5 nitrogen and oxygen atoms in total. The van der Waals surface area contributed by atoms with Gasteiger partial charge in [0.05, 0.1) is 5.52 Å². The minimum Gasteiger partial charge on any atom is -0.444 e. The lowest BCUT2D eigenvalue weighted by molar-refractivity contribution is 0.00833. The van der Waals surface area contributed by atoms with Crippen LogP contribution in [0.15, 0.2) is 36.4 Å². The molecule has 0 aliphatic carbocycles. The van der Waals surface area contributed by atoms with E-state index in [9.17, 15) is 4.79 Å². The summed E-state index contributed by atoms with van der Waals surface area (Å²) in [6, 6.07) is 12.4. The number of nitrogens with zero attached hydrogens (tertiary/aromatic N) is 2. The number of likely N-dealkylation sites (tertiary alicyclic amines) is 1. The van der Waals surface area contributed by atoms with E-state index in [-0.39, 0.29) is 17.6 Å². The summed E-state index contributed by atoms with van der Waals surface area (Å²) in [5.41, 5.74) is 0.475. The summed E-state index contributed by atoms with van der Waals surface area (Å²) < 4.78 is 5.66. The Bertz CT molecular complexity index is 836. The molecule has 1 saturated heterocycles. The Morgan fingerprint density at radius 2 is 1.86 bits per heavy atom. The number of hydrogen-bond donors (Lipinski definition) is 1. The SMILES string of the molecule is CC(C)(C)OC(=O)N1CCC(CNc2ccc3ccccc3n2)C1C(C)(C)C. The van der Waals surface area contributed by atoms with Gasteiger partial charge in [0.15, 0.2) is 0 Å². The molecule has 1 aromatic heterocycles. The second-order valence-corrected chi connectivity index (χ2v) is 9.80. The largest absolute Gasteiger partial charge is 0.444 e. The zero-order valence-corrected chi connectivity index (χ0v) is 18.0. The number of nitrogens with one attached hydrogen (secondary N) is 1. The summed E-state index contributed by atoms with van der Waals surface area (Å²) in [7, 11) is 0. The lowest BCUT2D eigenvalue weighted by Gasteiger charge is -2.39. The number of rotatable bonds is 3. The summed E-state index contributed by atoms with van der Waals surface area (Å²) in [4.78, 5) is 19.4. The summed E-state index contributed by atoms with van der Waals surface area (Å²) >= 11 is 0. The van der Waals surface area contributed by atoms with E-state index >= 15 is 0 Å². The molecule has 2 atom stereocenters. The number of para-hydroxylation sites is 1. The minimum absolute atomic E-state index is 0.0312. The van der Waals surface area contributed by atoms with Gasteiger partial charge in [0.25, 0.3) is 0 Å². The minimum atomic E-state index is -0.481. The van der Waals surface area contributed by atoms with Crippen LogP contribution in [0.4, 0.5) is 10.6 Å². The van der Waals surface area contributed by atoms with Crippen molar-refractivity contribution < 1.29 is 9.53 Å². The first-order valence-electron chi connectivity index (χ1n) is 10.1. The Kier molecular flexibility index (Phi) is 5.55. The van der Waals surface area contributed by atoms with E-state index in [4.69, 9.17) is 9.72 Å². The third-order valence-electron chi connectivity index (χ3n) is 5.18. The third-order valence-corrected chi connectivity index (χ3v) is 5.18. The van der Waals surface area contributed by atoms with E-state index in [1.807, 2.05) is 49.9 Å². The Morgan fingerprint density at radius 3 is 2.54 bits per heavy atom. The van der Waals surface area contributed by atoms with Crippen molar-refractivity contribution in [1.29, 1.82) is 0 Å². The van der Waals surface area contributed by atoms with E-state index < -0.39 is 5.60 Å². The highest BCUT2D eigenvalue weighted by Crippen LogP contribution is 2.38. The summed E-state index contributed by atoms with van der Waals surface area (Å²) in [6.07, 6.45) is 0.751. The predicted octanol–water partition coefficient (Wildman–Crippen LogP) is 5.32. The fourth-order valence-electron chi connectivity index (χ4n) is 4.17. The zero-order valence-electron chi connectivity index (χ0n) is 18.0. The molecule has 2 aromatic rings. The average molecular weight is 384 g/mol. The molecule has 152 valence electrons. The Morgan fingerprint density at radius 1 is 1.14 bits per heavy atom. The number of carbonyl (C=O) groups excluding carboxylic acids is 1. The van der Waals surface area contributed by atoms with E-state index in [1.165, 1.54) is 0 Å². The van der Waals surface area contributed by atoms with Crippen molar-refractivity contribution in [3.8, 4) is 0 Å². The molecule has 0 saturated carbocycles. The molecule has 2 heterocycles. The summed E-state index contributed by atoms with van der Waals surface area (Å²) in [5.74, 6) is 1.22. The monoisotopic (exact) mass is 383 g/mol. The maximum absolute atomic E-state index is 12.8. The maximum atomic E-state index is 12.8. The maximum Gasteiger partial charge on any atom is 0.410 e. The Balaban J connectivity index is 1.72. The molecule has 2 unspecified atom stereocenters. The number of aromatic nitrogens is 1. The smallest absolute Gasteiger partial charge is 0.410 e. The molecular formula is C23H33N3O2. The quantitative estimate of drug-likeness (QED) is 0.779. The van der Waals surface area contributed by atoms with Gasteiger partial charge in [-0.25, -0.2) is 9.78 Å². The zero-order chi connectivity index (χ0) is 20.5. The number of ether oxygens (including phenoxy) is 1. The van der Waals surface area contributed by atoms with Crippen LogP contribution in [0.3, 0.4) is 0 Å². The van der Waals surface area contributed by atoms with Crippen LogP contribution in [0, 0.1) is 11.3 Å². The van der Waals surface area contributed by atoms with Crippen LogP contribution in [0.25, 0.3) is 10.9 Å². The fraction of sp³-hybridized carbons (Fsp3) is 0.565. The number of hydrogen-bond acceptors (Lipinski definition) is 4. The number of anilines is 1. The molecule has 5 heteroatoms. The van der Waals surface area contributed by atoms with Crippen molar-refractivity contribution in [3.63, 3.8) is 0 Å². The van der Waals surface area contributed by atoms with Crippen LogP contribution >= 0.6 is 0 Å². The van der Waals surface area contributed by atoms with Crippen LogP contribution in [-0.4, -0.2) is 40.7 Å². The molecule has 3 rings (SSSR count). The van der Waals surface area contributed by atoms with Crippen molar-refractivity contribution in [2.45, 2.75) is 59.6 Å². The molecule has 1 fully saturated rings. The molecule has 0 bridgehead atoms. The second kappa shape index (κ2) is 7.61. The highest BCUT2D eigenvalue weighted by molar-refractivity contribution is 5.80. The van der Waals surface area contributed by atoms with Gasteiger partial charge in [0, 0.05) is 24.5 Å². The van der Waals surface area contributed by atoms with Crippen LogP contribution < -0.4 is 5.32 Å². The van der Waals surface area contributed by atoms with Crippen molar-refractivity contribution in [1.82, 2.24) is 9.88 Å². The predicted molar refractivity (Wildman–Crippen MR) is 115 cm³/mol. The number of benzene rings is 1. The van der Waals surface area contributed by atoms with Crippen LogP contribution in [0.1, 0.15) is 48.0 Å². The topological polar surface area (TPSA) is 54.5 Å². The lowest BCUT2D eigenvalue weighted by Crippen LogP contribution is -2.48. The first-order valence-corrected chi connectivity index (χ1v) is 10.1. The molecule has 1 amide bonds. The lowest BCUT2D eigenvalue weighted by atomic mass is 9.79. The van der Waals surface area contributed by atoms with Gasteiger partial charge in [-0.3, -0.25) is 0 Å². The van der Waals surface area contributed by atoms with E-state index in [2.05, 4.69) is 38.2 Å². The number of fused-ring (bicyclic) bond motifs is 1. The molecule has 1 aromatic carbocycles. The van der Waals surface area contributed by atoms with Gasteiger partial charge in [-0.2, -0.15) is 0 Å². The van der Waals surface area contributed by atoms with Crippen LogP contribution in [-0.2, 0) is 4.74 Å². The van der Waals surface area contributed by atoms with Gasteiger partial charge in [-0.1, -0.05) is 39.0 Å². The number of carbonyl (C=O) groups is 1. The van der Waals surface area contributed by atoms with Gasteiger partial charge in [0.2, 0.25) is 0 Å². The normalized spacial score (nSPS) is 20.4. The van der Waals surface area contributed by atoms with Crippen molar-refractivity contribution in [2.24, 2.45) is 11.3 Å². The third kappa shape index (κ3) is 4.75. The number of pyridine rings is 1. The highest BCUT2D eigenvalue weighted by Gasteiger charge is 2.44. The molecule has 1 N–H and O–H groups in total. The second-order valence-electron chi connectivity index (χ2n) is 9.80. The molecular weight excluding hydrogens is 350 g/mol. The summed E-state index contributed by atoms with van der Waals surface area (Å²) in [6.45, 7) is 13.8. The van der Waals surface area contributed by atoms with Crippen molar-refractivity contribution in [2.75, 3.05) is 18.4 Å². The van der Waals surface area contributed by atoms with E-state index in [0.29, 0.717) is 5.92 Å². The Labute approximate surface area is 168 Å². The molecule has 0 radical (unpaired) electrons. The summed E-state index contributed by atoms with van der Waals surface area (Å²) in [5, 5.41) is 4.64. The van der Waals surface area contributed by atoms with Gasteiger partial charge in [-0.05, 0) is 56.7 Å².